The molecule has 2 rings (SSSR count). The van der Waals surface area contributed by atoms with Gasteiger partial charge in [0.25, 0.3) is 5.56 Å². The lowest BCUT2D eigenvalue weighted by molar-refractivity contribution is -0.0535. The Morgan fingerprint density at radius 1 is 1.13 bits per heavy atom. The minimum Gasteiger partial charge on any atom is -0.385 e. The molecule has 16 nitrogen and oxygen atoms in total. The molecule has 0 aromatic carbocycles. The van der Waals surface area contributed by atoms with Gasteiger partial charge < -0.3 is 29.4 Å². The van der Waals surface area contributed by atoms with E-state index in [9.17, 15) is 42.1 Å². The fourth-order valence-corrected chi connectivity index (χ4v) is 5.22. The van der Waals surface area contributed by atoms with Crippen LogP contribution in [0.2, 0.25) is 0 Å². The Balaban J connectivity index is 2.09. The number of rotatable bonds is 8. The maximum absolute atomic E-state index is 14.2. The number of H-pyrrole nitrogens is 1. The van der Waals surface area contributed by atoms with Gasteiger partial charge in [0, 0.05) is 0 Å². The predicted molar refractivity (Wildman–Crippen MR) is 85.9 cm³/mol. The van der Waals surface area contributed by atoms with Crippen LogP contribution >= 0.6 is 23.5 Å². The van der Waals surface area contributed by atoms with Crippen LogP contribution in [-0.2, 0) is 31.6 Å². The molecule has 1 saturated heterocycles. The number of phosphoric acid groups is 3. The summed E-state index contributed by atoms with van der Waals surface area (Å²) in [5.41, 5.74) is -2.68. The molecule has 0 bridgehead atoms. The van der Waals surface area contributed by atoms with Crippen molar-refractivity contribution in [2.45, 2.75) is 24.6 Å². The Morgan fingerprint density at radius 3 is 2.30 bits per heavy atom. The van der Waals surface area contributed by atoms with Crippen LogP contribution in [0, 0.1) is 5.82 Å². The third-order valence-electron chi connectivity index (χ3n) is 3.30. The number of aromatic amines is 1. The van der Waals surface area contributed by atoms with E-state index in [1.54, 1.807) is 0 Å². The smallest absolute Gasteiger partial charge is 0.385 e. The van der Waals surface area contributed by atoms with E-state index in [4.69, 9.17) is 19.4 Å². The highest BCUT2D eigenvalue weighted by molar-refractivity contribution is 7.66. The van der Waals surface area contributed by atoms with Gasteiger partial charge in [0.1, 0.15) is 12.2 Å². The fourth-order valence-electron chi connectivity index (χ4n) is 2.19. The average Bonchev–Trinajstić information content (AvgIpc) is 2.81. The lowest BCUT2D eigenvalue weighted by Crippen LogP contribution is -2.37. The van der Waals surface area contributed by atoms with Gasteiger partial charge >= 0.3 is 29.2 Å². The Labute approximate surface area is 163 Å². The molecule has 0 spiro atoms. The maximum Gasteiger partial charge on any atom is 0.490 e. The van der Waals surface area contributed by atoms with Gasteiger partial charge in [-0.05, 0) is 0 Å². The molecular formula is C9H13F2N2O14P3. The summed E-state index contributed by atoms with van der Waals surface area (Å²) < 4.78 is 77.1. The molecule has 2 heterocycles. The van der Waals surface area contributed by atoms with Crippen LogP contribution in [0.1, 0.15) is 6.23 Å². The highest BCUT2D eigenvalue weighted by atomic mass is 31.3. The number of nitrogens with one attached hydrogen (secondary N) is 1. The summed E-state index contributed by atoms with van der Waals surface area (Å²) in [5.74, 6) is -1.47. The molecule has 0 aliphatic carbocycles. The van der Waals surface area contributed by atoms with Crippen LogP contribution in [0.4, 0.5) is 8.78 Å². The van der Waals surface area contributed by atoms with Crippen molar-refractivity contribution in [3.8, 4) is 0 Å². The molecule has 1 aliphatic rings. The summed E-state index contributed by atoms with van der Waals surface area (Å²) in [4.78, 5) is 59.3. The van der Waals surface area contributed by atoms with E-state index in [2.05, 4.69) is 13.1 Å². The first-order valence-electron chi connectivity index (χ1n) is 7.28. The van der Waals surface area contributed by atoms with Crippen molar-refractivity contribution >= 4 is 23.5 Å². The van der Waals surface area contributed by atoms with Crippen molar-refractivity contribution in [3.05, 3.63) is 32.9 Å². The number of nitrogens with zero attached hydrogens (tertiary/aromatic N) is 1. The SMILES string of the molecule is O=c1[nH]c(=O)n([C@H]2O[C@@H](COP(=O)(O)OP(=O)(O)OP(=O)(O)O)C(F)C2O)cc1F. The summed E-state index contributed by atoms with van der Waals surface area (Å²) in [7, 11) is -17.0. The Hall–Kier alpha value is -1.13. The maximum atomic E-state index is 14.2. The van der Waals surface area contributed by atoms with E-state index in [-0.39, 0.29) is 0 Å². The molecule has 172 valence electrons. The number of alkyl halides is 1. The largest absolute Gasteiger partial charge is 0.490 e. The Morgan fingerprint density at radius 2 is 1.73 bits per heavy atom. The fraction of sp³-hybridized carbons (Fsp3) is 0.556. The molecule has 1 aliphatic heterocycles. The minimum atomic E-state index is -5.81. The Bertz CT molecular complexity index is 1050. The topological polar surface area (TPSA) is 244 Å². The second-order valence-corrected chi connectivity index (χ2v) is 9.95. The third kappa shape index (κ3) is 6.43. The lowest BCUT2D eigenvalue weighted by atomic mass is 10.1. The van der Waals surface area contributed by atoms with Gasteiger partial charge in [0.15, 0.2) is 12.4 Å². The van der Waals surface area contributed by atoms with Crippen molar-refractivity contribution in [2.75, 3.05) is 6.61 Å². The van der Waals surface area contributed by atoms with Crippen LogP contribution in [0.5, 0.6) is 0 Å². The highest BCUT2D eigenvalue weighted by Gasteiger charge is 2.48. The number of hydrogen-bond donors (Lipinski definition) is 6. The molecule has 1 fully saturated rings. The predicted octanol–water partition coefficient (Wildman–Crippen LogP) is -1.38. The van der Waals surface area contributed by atoms with Gasteiger partial charge in [0.05, 0.1) is 12.8 Å². The number of ether oxygens (including phenoxy) is 1. The molecule has 30 heavy (non-hydrogen) atoms. The van der Waals surface area contributed by atoms with E-state index in [0.29, 0.717) is 10.8 Å². The van der Waals surface area contributed by atoms with Crippen molar-refractivity contribution in [3.63, 3.8) is 0 Å². The summed E-state index contributed by atoms with van der Waals surface area (Å²) in [6.45, 7) is -1.26. The summed E-state index contributed by atoms with van der Waals surface area (Å²) >= 11 is 0. The third-order valence-corrected chi connectivity index (χ3v) is 7.11. The zero-order valence-electron chi connectivity index (χ0n) is 14.0. The van der Waals surface area contributed by atoms with Gasteiger partial charge in [-0.3, -0.25) is 18.9 Å². The summed E-state index contributed by atoms with van der Waals surface area (Å²) in [5, 5.41) is 9.83. The molecule has 0 amide bonds. The molecule has 0 radical (unpaired) electrons. The molecule has 0 saturated carbocycles. The molecule has 1 aromatic rings. The van der Waals surface area contributed by atoms with E-state index in [1.807, 2.05) is 0 Å². The van der Waals surface area contributed by atoms with Crippen LogP contribution < -0.4 is 11.2 Å². The molecule has 6 N–H and O–H groups in total. The van der Waals surface area contributed by atoms with Gasteiger partial charge in [-0.2, -0.15) is 13.0 Å². The first-order valence-corrected chi connectivity index (χ1v) is 11.8. The number of hydrogen-bond acceptors (Lipinski definition) is 10. The normalized spacial score (nSPS) is 28.8. The lowest BCUT2D eigenvalue weighted by Gasteiger charge is -2.18. The van der Waals surface area contributed by atoms with Crippen LogP contribution in [-0.4, -0.2) is 59.2 Å². The van der Waals surface area contributed by atoms with Gasteiger partial charge in [-0.25, -0.2) is 22.9 Å². The summed E-state index contributed by atoms with van der Waals surface area (Å²) in [6.07, 6.45) is -8.08. The zero-order valence-corrected chi connectivity index (χ0v) is 16.7. The molecule has 21 heteroatoms. The number of phosphoric ester groups is 1. The van der Waals surface area contributed by atoms with Crippen molar-refractivity contribution in [1.82, 2.24) is 9.55 Å². The van der Waals surface area contributed by atoms with Crippen LogP contribution in [0.3, 0.4) is 0 Å². The van der Waals surface area contributed by atoms with Crippen LogP contribution in [0.15, 0.2) is 15.8 Å². The zero-order chi connectivity index (χ0) is 23.1. The monoisotopic (exact) mass is 504 g/mol. The molecule has 4 unspecified atom stereocenters. The van der Waals surface area contributed by atoms with Crippen molar-refractivity contribution in [2.24, 2.45) is 0 Å². The number of aliphatic hydroxyl groups is 1. The first kappa shape index (κ1) is 25.1. The van der Waals surface area contributed by atoms with Gasteiger partial charge in [-0.15, -0.1) is 0 Å². The summed E-state index contributed by atoms with van der Waals surface area (Å²) in [6, 6.07) is 0. The van der Waals surface area contributed by atoms with Crippen molar-refractivity contribution in [1.29, 1.82) is 0 Å². The van der Waals surface area contributed by atoms with Crippen molar-refractivity contribution < 1.29 is 65.0 Å². The minimum absolute atomic E-state index is 0.290. The average molecular weight is 504 g/mol. The number of aliphatic hydroxyl groups excluding tert-OH is 1. The first-order chi connectivity index (χ1) is 13.5. The molecular weight excluding hydrogens is 491 g/mol. The molecule has 1 aromatic heterocycles. The van der Waals surface area contributed by atoms with E-state index >= 15 is 0 Å². The number of aromatic nitrogens is 2. The van der Waals surface area contributed by atoms with Crippen LogP contribution in [0.25, 0.3) is 0 Å². The van der Waals surface area contributed by atoms with E-state index in [0.717, 1.165) is 0 Å². The number of halogens is 2. The standard InChI is InChI=1S/C9H13F2N2O14P3/c10-3-1-13(9(16)12-7(3)15)8-6(14)5(11)4(25-8)2-24-29(20,21)27-30(22,23)26-28(17,18)19/h1,4-6,8,14H,2H2,(H,20,21)(H,22,23)(H,12,15,16)(H2,17,18,19)/t4-,5?,6?,8-/m0/s1. The quantitative estimate of drug-likeness (QED) is 0.224. The van der Waals surface area contributed by atoms with E-state index < -0.39 is 71.7 Å². The second-order valence-electron chi connectivity index (χ2n) is 5.53. The molecule has 6 atom stereocenters. The Kier molecular flexibility index (Phi) is 7.36. The second kappa shape index (κ2) is 8.78. The van der Waals surface area contributed by atoms with Gasteiger partial charge in [-0.1, -0.05) is 0 Å². The van der Waals surface area contributed by atoms with E-state index in [1.165, 1.54) is 4.98 Å². The highest BCUT2D eigenvalue weighted by Crippen LogP contribution is 2.66. The van der Waals surface area contributed by atoms with Gasteiger partial charge in [0.2, 0.25) is 5.82 Å².